The molecule has 7 heteroatoms. The monoisotopic (exact) mass is 520 g/mol. The van der Waals surface area contributed by atoms with Crippen LogP contribution in [0.1, 0.15) is 71.6 Å². The highest BCUT2D eigenvalue weighted by atomic mass is 16.6. The van der Waals surface area contributed by atoms with Gasteiger partial charge in [-0.25, -0.2) is 9.59 Å². The maximum absolute atomic E-state index is 12.8. The zero-order chi connectivity index (χ0) is 27.9. The molecule has 0 bridgehead atoms. The Morgan fingerprint density at radius 2 is 1.92 bits per heavy atom. The van der Waals surface area contributed by atoms with Crippen LogP contribution in [0, 0.1) is 6.92 Å². The van der Waals surface area contributed by atoms with Crippen LogP contribution >= 0.6 is 0 Å². The number of nitrogens with zero attached hydrogens (tertiary/aromatic N) is 2. The van der Waals surface area contributed by atoms with E-state index in [2.05, 4.69) is 26.0 Å². The topological polar surface area (TPSA) is 89.0 Å². The third-order valence-electron chi connectivity index (χ3n) is 6.29. The number of carboxylic acid groups (broad SMARTS) is 1. The number of hydrogen-bond donors (Lipinski definition) is 1. The molecule has 2 aromatic rings. The van der Waals surface area contributed by atoms with E-state index in [1.807, 2.05) is 49.4 Å². The lowest BCUT2D eigenvalue weighted by Gasteiger charge is -2.26. The maximum Gasteiger partial charge on any atom is 0.411 e. The second kappa shape index (κ2) is 12.8. The van der Waals surface area contributed by atoms with Crippen molar-refractivity contribution in [3.63, 3.8) is 0 Å². The van der Waals surface area contributed by atoms with Gasteiger partial charge in [0.25, 0.3) is 0 Å². The number of aliphatic carboxylic acids is 1. The summed E-state index contributed by atoms with van der Waals surface area (Å²) in [5.41, 5.74) is 3.77. The Hall–Kier alpha value is -3.61. The molecule has 38 heavy (non-hydrogen) atoms. The number of unbranched alkanes of at least 4 members (excludes halogenated alkanes) is 2. The average Bonchev–Trinajstić information content (AvgIpc) is 3.27. The van der Waals surface area contributed by atoms with Gasteiger partial charge in [0.05, 0.1) is 12.2 Å². The molecule has 1 aromatic carbocycles. The highest BCUT2D eigenvalue weighted by Crippen LogP contribution is 2.33. The number of carboxylic acids is 1. The van der Waals surface area contributed by atoms with E-state index in [0.29, 0.717) is 5.75 Å². The summed E-state index contributed by atoms with van der Waals surface area (Å²) in [6.45, 7) is 11.6. The molecule has 1 aromatic heterocycles. The van der Waals surface area contributed by atoms with Crippen molar-refractivity contribution in [2.75, 3.05) is 6.54 Å². The standard InChI is InChI=1S/C31H40N2O5/c1-7-8-10-13-21(2)16-17-25-22(3)32-26(23-14-11-9-12-15-23)19-28(25)37-24-18-27(29(34)35)33(20-24)30(36)38-31(4,5)6/h9,11-17,19,24,27H,7-8,10,18,20H2,1-6H3,(H,34,35)/b17-16-,21-13+/t24?,27-/m0/s1. The van der Waals surface area contributed by atoms with E-state index >= 15 is 0 Å². The molecule has 1 amide bonds. The molecule has 204 valence electrons. The number of rotatable bonds is 9. The molecule has 1 aliphatic rings. The van der Waals surface area contributed by atoms with E-state index in [1.54, 1.807) is 20.8 Å². The van der Waals surface area contributed by atoms with E-state index in [9.17, 15) is 14.7 Å². The van der Waals surface area contributed by atoms with E-state index in [0.717, 1.165) is 47.4 Å². The number of benzene rings is 1. The summed E-state index contributed by atoms with van der Waals surface area (Å²) in [4.78, 5) is 30.9. The van der Waals surface area contributed by atoms with E-state index in [-0.39, 0.29) is 13.0 Å². The van der Waals surface area contributed by atoms with Gasteiger partial charge in [0.1, 0.15) is 23.5 Å². The van der Waals surface area contributed by atoms with E-state index < -0.39 is 29.8 Å². The van der Waals surface area contributed by atoms with E-state index in [4.69, 9.17) is 14.5 Å². The van der Waals surface area contributed by atoms with Gasteiger partial charge in [-0.05, 0) is 47.1 Å². The van der Waals surface area contributed by atoms with Crippen molar-refractivity contribution in [3.05, 3.63) is 65.4 Å². The van der Waals surface area contributed by atoms with Crippen LogP contribution < -0.4 is 4.74 Å². The summed E-state index contributed by atoms with van der Waals surface area (Å²) >= 11 is 0. The number of ether oxygens (including phenoxy) is 2. The van der Waals surface area contributed by atoms with Crippen molar-refractivity contribution in [1.29, 1.82) is 0 Å². The summed E-state index contributed by atoms with van der Waals surface area (Å²) in [5, 5.41) is 9.81. The number of carbonyl (C=O) groups is 2. The number of hydrogen-bond acceptors (Lipinski definition) is 5. The van der Waals surface area contributed by atoms with Crippen molar-refractivity contribution in [2.45, 2.75) is 85.0 Å². The van der Waals surface area contributed by atoms with Crippen LogP contribution in [0.4, 0.5) is 4.79 Å². The largest absolute Gasteiger partial charge is 0.488 e. The summed E-state index contributed by atoms with van der Waals surface area (Å²) in [7, 11) is 0. The van der Waals surface area contributed by atoms with Crippen LogP contribution in [0.15, 0.2) is 54.1 Å². The molecule has 0 radical (unpaired) electrons. The molecular formula is C31H40N2O5. The highest BCUT2D eigenvalue weighted by molar-refractivity contribution is 5.81. The molecule has 7 nitrogen and oxygen atoms in total. The molecule has 1 aliphatic heterocycles. The Balaban J connectivity index is 1.94. The number of aromatic nitrogens is 1. The molecule has 1 fully saturated rings. The lowest BCUT2D eigenvalue weighted by atomic mass is 10.1. The number of allylic oxidation sites excluding steroid dienone is 3. The predicted octanol–water partition coefficient (Wildman–Crippen LogP) is 7.05. The number of likely N-dealkylation sites (tertiary alicyclic amines) is 1. The van der Waals surface area contributed by atoms with Crippen molar-refractivity contribution in [2.24, 2.45) is 0 Å². The maximum atomic E-state index is 12.8. The van der Waals surface area contributed by atoms with Gasteiger partial charge in [0.15, 0.2) is 0 Å². The summed E-state index contributed by atoms with van der Waals surface area (Å²) in [6.07, 6.45) is 8.59. The first kappa shape index (κ1) is 29.0. The Labute approximate surface area is 226 Å². The van der Waals surface area contributed by atoms with Gasteiger partial charge in [0, 0.05) is 29.3 Å². The minimum atomic E-state index is -1.08. The number of aryl methyl sites for hydroxylation is 1. The van der Waals surface area contributed by atoms with Crippen LogP contribution in [0.25, 0.3) is 17.3 Å². The zero-order valence-corrected chi connectivity index (χ0v) is 23.4. The average molecular weight is 521 g/mol. The van der Waals surface area contributed by atoms with Crippen LogP contribution in [0.3, 0.4) is 0 Å². The first-order chi connectivity index (χ1) is 18.0. The summed E-state index contributed by atoms with van der Waals surface area (Å²) in [5.74, 6) is -0.472. The first-order valence-corrected chi connectivity index (χ1v) is 13.3. The SMILES string of the molecule is CCCC/C=C(C)/C=C\c1c(OC2C[C@@H](C(=O)O)N(C(=O)OC(C)(C)C)C2)cc(-c2ccccc2)nc1C. The molecule has 1 unspecified atom stereocenters. The van der Waals surface area contributed by atoms with Crippen molar-refractivity contribution < 1.29 is 24.2 Å². The highest BCUT2D eigenvalue weighted by Gasteiger charge is 2.43. The fraction of sp³-hybridized carbons (Fsp3) is 0.452. The van der Waals surface area contributed by atoms with Gasteiger partial charge in [-0.1, -0.05) is 67.8 Å². The molecule has 2 atom stereocenters. The Kier molecular flexibility index (Phi) is 9.72. The Bertz CT molecular complexity index is 1180. The molecule has 0 aliphatic carbocycles. The summed E-state index contributed by atoms with van der Waals surface area (Å²) < 4.78 is 11.9. The van der Waals surface area contributed by atoms with Crippen molar-refractivity contribution in [1.82, 2.24) is 9.88 Å². The van der Waals surface area contributed by atoms with Gasteiger partial charge in [-0.15, -0.1) is 0 Å². The van der Waals surface area contributed by atoms with Gasteiger partial charge in [-0.3, -0.25) is 9.88 Å². The molecule has 0 saturated carbocycles. The zero-order valence-electron chi connectivity index (χ0n) is 23.4. The third kappa shape index (κ3) is 7.94. The van der Waals surface area contributed by atoms with Crippen LogP contribution in [-0.2, 0) is 9.53 Å². The number of pyridine rings is 1. The van der Waals surface area contributed by atoms with Gasteiger partial charge < -0.3 is 14.6 Å². The second-order valence-corrected chi connectivity index (χ2v) is 10.8. The fourth-order valence-corrected chi connectivity index (χ4v) is 4.35. The molecule has 1 N–H and O–H groups in total. The Morgan fingerprint density at radius 1 is 1.21 bits per heavy atom. The quantitative estimate of drug-likeness (QED) is 0.282. The van der Waals surface area contributed by atoms with Crippen molar-refractivity contribution in [3.8, 4) is 17.0 Å². The van der Waals surface area contributed by atoms with Crippen LogP contribution in [0.2, 0.25) is 0 Å². The Morgan fingerprint density at radius 3 is 2.55 bits per heavy atom. The first-order valence-electron chi connectivity index (χ1n) is 13.3. The molecule has 3 rings (SSSR count). The third-order valence-corrected chi connectivity index (χ3v) is 6.29. The normalized spacial score (nSPS) is 18.2. The molecule has 2 heterocycles. The van der Waals surface area contributed by atoms with Gasteiger partial charge in [-0.2, -0.15) is 0 Å². The number of amides is 1. The second-order valence-electron chi connectivity index (χ2n) is 10.8. The lowest BCUT2D eigenvalue weighted by Crippen LogP contribution is -2.43. The minimum absolute atomic E-state index is 0.118. The number of carbonyl (C=O) groups excluding carboxylic acids is 1. The molecular weight excluding hydrogens is 480 g/mol. The smallest absolute Gasteiger partial charge is 0.411 e. The van der Waals surface area contributed by atoms with Crippen LogP contribution in [-0.4, -0.2) is 51.3 Å². The van der Waals surface area contributed by atoms with Crippen molar-refractivity contribution >= 4 is 18.1 Å². The summed E-state index contributed by atoms with van der Waals surface area (Å²) in [6, 6.07) is 10.7. The van der Waals surface area contributed by atoms with E-state index in [1.165, 1.54) is 4.90 Å². The lowest BCUT2D eigenvalue weighted by molar-refractivity contribution is -0.142. The van der Waals surface area contributed by atoms with Crippen LogP contribution in [0.5, 0.6) is 5.75 Å². The fourth-order valence-electron chi connectivity index (χ4n) is 4.35. The minimum Gasteiger partial charge on any atom is -0.488 e. The molecule has 1 saturated heterocycles. The van der Waals surface area contributed by atoms with Gasteiger partial charge >= 0.3 is 12.1 Å². The van der Waals surface area contributed by atoms with Gasteiger partial charge in [0.2, 0.25) is 0 Å². The molecule has 0 spiro atoms. The predicted molar refractivity (Wildman–Crippen MR) is 150 cm³/mol.